The van der Waals surface area contributed by atoms with Crippen molar-refractivity contribution in [1.82, 2.24) is 5.43 Å². The van der Waals surface area contributed by atoms with Gasteiger partial charge in [-0.15, -0.1) is 0 Å². The van der Waals surface area contributed by atoms with E-state index in [1.807, 2.05) is 0 Å². The summed E-state index contributed by atoms with van der Waals surface area (Å²) in [5, 5.41) is 23.2. The summed E-state index contributed by atoms with van der Waals surface area (Å²) in [7, 11) is 0. The Bertz CT molecular complexity index is 671. The third-order valence-electron chi connectivity index (χ3n) is 2.51. The number of halogens is 1. The van der Waals surface area contributed by atoms with E-state index in [9.17, 15) is 15.0 Å². The molecule has 2 aromatic rings. The van der Waals surface area contributed by atoms with Gasteiger partial charge in [0.15, 0.2) is 0 Å². The molecule has 0 saturated carbocycles. The normalized spacial score (nSPS) is 10.7. The predicted molar refractivity (Wildman–Crippen MR) is 76.3 cm³/mol. The largest absolute Gasteiger partial charge is 0.507 e. The SMILES string of the molecule is O=C(NN=Cc1ccc(Cl)cc1O)c1ccccc1O. The van der Waals surface area contributed by atoms with Crippen molar-refractivity contribution in [3.05, 3.63) is 58.6 Å². The van der Waals surface area contributed by atoms with Crippen LogP contribution in [0.2, 0.25) is 5.02 Å². The summed E-state index contributed by atoms with van der Waals surface area (Å²) in [6.45, 7) is 0. The van der Waals surface area contributed by atoms with Gasteiger partial charge in [0.2, 0.25) is 0 Å². The van der Waals surface area contributed by atoms with Crippen LogP contribution in [0.4, 0.5) is 0 Å². The molecule has 0 radical (unpaired) electrons. The number of benzene rings is 2. The molecule has 0 aliphatic heterocycles. The average molecular weight is 291 g/mol. The molecular weight excluding hydrogens is 280 g/mol. The van der Waals surface area contributed by atoms with E-state index in [-0.39, 0.29) is 17.1 Å². The fourth-order valence-corrected chi connectivity index (χ4v) is 1.68. The lowest BCUT2D eigenvalue weighted by atomic mass is 10.2. The zero-order chi connectivity index (χ0) is 14.5. The first-order valence-electron chi connectivity index (χ1n) is 5.68. The zero-order valence-corrected chi connectivity index (χ0v) is 11.0. The van der Waals surface area contributed by atoms with Gasteiger partial charge in [-0.3, -0.25) is 4.79 Å². The molecule has 0 spiro atoms. The van der Waals surface area contributed by atoms with Crippen LogP contribution in [0, 0.1) is 0 Å². The highest BCUT2D eigenvalue weighted by molar-refractivity contribution is 6.30. The lowest BCUT2D eigenvalue weighted by Crippen LogP contribution is -2.17. The highest BCUT2D eigenvalue weighted by atomic mass is 35.5. The molecule has 0 aliphatic rings. The van der Waals surface area contributed by atoms with Crippen LogP contribution in [-0.2, 0) is 0 Å². The number of amides is 1. The summed E-state index contributed by atoms with van der Waals surface area (Å²) < 4.78 is 0. The summed E-state index contributed by atoms with van der Waals surface area (Å²) in [4.78, 5) is 11.7. The van der Waals surface area contributed by atoms with Gasteiger partial charge in [-0.05, 0) is 30.3 Å². The Balaban J connectivity index is 2.07. The predicted octanol–water partition coefficient (Wildman–Crippen LogP) is 2.52. The van der Waals surface area contributed by atoms with Crippen molar-refractivity contribution in [3.8, 4) is 11.5 Å². The molecule has 0 aliphatic carbocycles. The lowest BCUT2D eigenvalue weighted by Gasteiger charge is -2.02. The van der Waals surface area contributed by atoms with Gasteiger partial charge >= 0.3 is 0 Å². The van der Waals surface area contributed by atoms with Crippen LogP contribution in [-0.4, -0.2) is 22.3 Å². The molecule has 0 unspecified atom stereocenters. The van der Waals surface area contributed by atoms with Gasteiger partial charge in [-0.2, -0.15) is 5.10 Å². The maximum atomic E-state index is 11.7. The van der Waals surface area contributed by atoms with Crippen molar-refractivity contribution in [1.29, 1.82) is 0 Å². The second-order valence-electron chi connectivity index (χ2n) is 3.92. The summed E-state index contributed by atoms with van der Waals surface area (Å²) in [6.07, 6.45) is 1.28. The van der Waals surface area contributed by atoms with Crippen molar-refractivity contribution >= 4 is 23.7 Å². The Morgan fingerprint density at radius 2 is 1.90 bits per heavy atom. The average Bonchev–Trinajstić information content (AvgIpc) is 2.41. The van der Waals surface area contributed by atoms with Crippen molar-refractivity contribution in [2.75, 3.05) is 0 Å². The number of nitrogens with one attached hydrogen (secondary N) is 1. The first kappa shape index (κ1) is 13.9. The molecule has 2 aromatic carbocycles. The number of carbonyl (C=O) groups excluding carboxylic acids is 1. The van der Waals surface area contributed by atoms with Crippen molar-refractivity contribution in [3.63, 3.8) is 0 Å². The Morgan fingerprint density at radius 1 is 1.15 bits per heavy atom. The van der Waals surface area contributed by atoms with Crippen LogP contribution < -0.4 is 5.43 Å². The van der Waals surface area contributed by atoms with E-state index < -0.39 is 5.91 Å². The van der Waals surface area contributed by atoms with Crippen LogP contribution in [0.3, 0.4) is 0 Å². The Labute approximate surface area is 120 Å². The maximum Gasteiger partial charge on any atom is 0.275 e. The standard InChI is InChI=1S/C14H11ClN2O3/c15-10-6-5-9(13(19)7-10)8-16-17-14(20)11-3-1-2-4-12(11)18/h1-8,18-19H,(H,17,20). The number of phenolic OH excluding ortho intramolecular Hbond substituents is 2. The third kappa shape index (κ3) is 3.27. The van der Waals surface area contributed by atoms with Gasteiger partial charge in [0, 0.05) is 10.6 Å². The molecule has 0 saturated heterocycles. The highest BCUT2D eigenvalue weighted by Gasteiger charge is 2.08. The number of para-hydroxylation sites is 1. The number of hydrazone groups is 1. The van der Waals surface area contributed by atoms with Gasteiger partial charge in [0.25, 0.3) is 5.91 Å². The Hall–Kier alpha value is -2.53. The van der Waals surface area contributed by atoms with E-state index in [0.29, 0.717) is 10.6 Å². The summed E-state index contributed by atoms with van der Waals surface area (Å²) in [5.74, 6) is -0.722. The Kier molecular flexibility index (Phi) is 4.22. The van der Waals surface area contributed by atoms with Crippen LogP contribution in [0.15, 0.2) is 47.6 Å². The molecule has 1 amide bonds. The van der Waals surface area contributed by atoms with E-state index in [0.717, 1.165) is 0 Å². The highest BCUT2D eigenvalue weighted by Crippen LogP contribution is 2.20. The van der Waals surface area contributed by atoms with E-state index in [2.05, 4.69) is 10.5 Å². The maximum absolute atomic E-state index is 11.7. The van der Waals surface area contributed by atoms with Gasteiger partial charge in [-0.1, -0.05) is 23.7 Å². The molecule has 0 atom stereocenters. The van der Waals surface area contributed by atoms with Gasteiger partial charge in [0.1, 0.15) is 11.5 Å². The number of hydrogen-bond acceptors (Lipinski definition) is 4. The zero-order valence-electron chi connectivity index (χ0n) is 10.2. The molecule has 102 valence electrons. The molecule has 20 heavy (non-hydrogen) atoms. The quantitative estimate of drug-likeness (QED) is 0.600. The first-order valence-corrected chi connectivity index (χ1v) is 6.05. The van der Waals surface area contributed by atoms with E-state index >= 15 is 0 Å². The topological polar surface area (TPSA) is 81.9 Å². The smallest absolute Gasteiger partial charge is 0.275 e. The Morgan fingerprint density at radius 3 is 2.60 bits per heavy atom. The van der Waals surface area contributed by atoms with Gasteiger partial charge in [0.05, 0.1) is 11.8 Å². The number of phenols is 2. The van der Waals surface area contributed by atoms with Crippen LogP contribution >= 0.6 is 11.6 Å². The third-order valence-corrected chi connectivity index (χ3v) is 2.75. The number of nitrogens with zero attached hydrogens (tertiary/aromatic N) is 1. The molecule has 0 bridgehead atoms. The molecule has 0 heterocycles. The fraction of sp³-hybridized carbons (Fsp3) is 0. The van der Waals surface area contributed by atoms with Gasteiger partial charge < -0.3 is 10.2 Å². The molecule has 6 heteroatoms. The molecular formula is C14H11ClN2O3. The summed E-state index contributed by atoms with van der Waals surface area (Å²) in [5.41, 5.74) is 2.78. The molecule has 2 rings (SSSR count). The van der Waals surface area contributed by atoms with Crippen LogP contribution in [0.1, 0.15) is 15.9 Å². The lowest BCUT2D eigenvalue weighted by molar-refractivity contribution is 0.0952. The van der Waals surface area contributed by atoms with Crippen molar-refractivity contribution < 1.29 is 15.0 Å². The van der Waals surface area contributed by atoms with E-state index in [1.165, 1.54) is 24.4 Å². The molecule has 0 aromatic heterocycles. The van der Waals surface area contributed by atoms with Crippen molar-refractivity contribution in [2.24, 2.45) is 5.10 Å². The van der Waals surface area contributed by atoms with Crippen LogP contribution in [0.25, 0.3) is 0 Å². The van der Waals surface area contributed by atoms with Gasteiger partial charge in [-0.25, -0.2) is 5.43 Å². The molecule has 5 nitrogen and oxygen atoms in total. The minimum atomic E-state index is -0.548. The fourth-order valence-electron chi connectivity index (χ4n) is 1.51. The van der Waals surface area contributed by atoms with E-state index in [1.54, 1.807) is 24.3 Å². The van der Waals surface area contributed by atoms with Crippen molar-refractivity contribution in [2.45, 2.75) is 0 Å². The minimum absolute atomic E-state index is 0.0435. The first-order chi connectivity index (χ1) is 9.58. The summed E-state index contributed by atoms with van der Waals surface area (Å²) in [6, 6.07) is 10.6. The number of carbonyl (C=O) groups is 1. The monoisotopic (exact) mass is 290 g/mol. The second-order valence-corrected chi connectivity index (χ2v) is 4.36. The number of aromatic hydroxyl groups is 2. The number of rotatable bonds is 3. The molecule has 3 N–H and O–H groups in total. The molecule has 0 fully saturated rings. The second kappa shape index (κ2) is 6.08. The van der Waals surface area contributed by atoms with E-state index in [4.69, 9.17) is 11.6 Å². The number of hydrogen-bond donors (Lipinski definition) is 3. The van der Waals surface area contributed by atoms with Crippen LogP contribution in [0.5, 0.6) is 11.5 Å². The summed E-state index contributed by atoms with van der Waals surface area (Å²) >= 11 is 5.70. The minimum Gasteiger partial charge on any atom is -0.507 e.